The lowest BCUT2D eigenvalue weighted by Crippen LogP contribution is -2.41. The van der Waals surface area contributed by atoms with E-state index >= 15 is 0 Å². The Hall–Kier alpha value is -2.64. The van der Waals surface area contributed by atoms with Gasteiger partial charge in [0, 0.05) is 25.4 Å². The molecule has 0 aliphatic carbocycles. The summed E-state index contributed by atoms with van der Waals surface area (Å²) >= 11 is 0. The molecule has 0 saturated carbocycles. The molecule has 25 heavy (non-hydrogen) atoms. The molecule has 0 radical (unpaired) electrons. The van der Waals surface area contributed by atoms with E-state index in [9.17, 15) is 13.6 Å². The fourth-order valence-electron chi connectivity index (χ4n) is 2.83. The van der Waals surface area contributed by atoms with Crippen LogP contribution in [-0.2, 0) is 10.7 Å². The van der Waals surface area contributed by atoms with Gasteiger partial charge in [-0.15, -0.1) is 0 Å². The molecule has 3 heterocycles. The second-order valence-electron chi connectivity index (χ2n) is 6.14. The van der Waals surface area contributed by atoms with E-state index < -0.39 is 12.0 Å². The highest BCUT2D eigenvalue weighted by Crippen LogP contribution is 2.28. The van der Waals surface area contributed by atoms with Crippen LogP contribution in [0.2, 0.25) is 0 Å². The Kier molecular flexibility index (Phi) is 4.61. The van der Waals surface area contributed by atoms with Crippen molar-refractivity contribution in [1.29, 1.82) is 0 Å². The van der Waals surface area contributed by atoms with E-state index in [1.165, 1.54) is 12.3 Å². The summed E-state index contributed by atoms with van der Waals surface area (Å²) in [6, 6.07) is 6.02. The summed E-state index contributed by atoms with van der Waals surface area (Å²) in [5.41, 5.74) is 0.436. The molecule has 1 saturated heterocycles. The zero-order chi connectivity index (χ0) is 18.0. The summed E-state index contributed by atoms with van der Waals surface area (Å²) in [5, 5.41) is 2.77. The van der Waals surface area contributed by atoms with Crippen molar-refractivity contribution in [3.8, 4) is 0 Å². The normalized spacial score (nSPS) is 17.6. The van der Waals surface area contributed by atoms with Gasteiger partial charge in [-0.3, -0.25) is 4.79 Å². The van der Waals surface area contributed by atoms with Crippen LogP contribution in [0.4, 0.5) is 20.5 Å². The lowest BCUT2D eigenvalue weighted by Gasteiger charge is -2.24. The van der Waals surface area contributed by atoms with Gasteiger partial charge in [-0.1, -0.05) is 6.07 Å². The Morgan fingerprint density at radius 3 is 2.84 bits per heavy atom. The summed E-state index contributed by atoms with van der Waals surface area (Å²) in [4.78, 5) is 26.5. The number of carbonyl (C=O) groups excluding carboxylic acids is 1. The van der Waals surface area contributed by atoms with Crippen molar-refractivity contribution in [3.63, 3.8) is 0 Å². The first-order valence-corrected chi connectivity index (χ1v) is 8.07. The van der Waals surface area contributed by atoms with Crippen molar-refractivity contribution in [1.82, 2.24) is 15.0 Å². The van der Waals surface area contributed by atoms with Crippen LogP contribution in [0.5, 0.6) is 0 Å². The summed E-state index contributed by atoms with van der Waals surface area (Å²) in [5.74, 6) is -2.69. The molecule has 3 rings (SSSR count). The molecule has 1 N–H and O–H groups in total. The van der Waals surface area contributed by atoms with Gasteiger partial charge in [0.2, 0.25) is 11.9 Å². The second-order valence-corrected chi connectivity index (χ2v) is 6.14. The highest BCUT2D eigenvalue weighted by atomic mass is 19.3. The second kappa shape index (κ2) is 6.70. The van der Waals surface area contributed by atoms with Crippen molar-refractivity contribution in [2.45, 2.75) is 38.7 Å². The summed E-state index contributed by atoms with van der Waals surface area (Å²) < 4.78 is 27.0. The fraction of sp³-hybridized carbons (Fsp3) is 0.412. The van der Waals surface area contributed by atoms with E-state index in [0.29, 0.717) is 18.8 Å². The number of hydrogen-bond donors (Lipinski definition) is 1. The number of alkyl halides is 2. The summed E-state index contributed by atoms with van der Waals surface area (Å²) in [6.07, 6.45) is 2.66. The Bertz CT molecular complexity index is 778. The molecule has 1 aliphatic heterocycles. The molecule has 2 aromatic rings. The molecule has 8 heteroatoms. The zero-order valence-electron chi connectivity index (χ0n) is 14.0. The van der Waals surface area contributed by atoms with Gasteiger partial charge in [0.05, 0.1) is 0 Å². The quantitative estimate of drug-likeness (QED) is 0.921. The largest absolute Gasteiger partial charge is 0.329 e. The van der Waals surface area contributed by atoms with Crippen molar-refractivity contribution in [2.24, 2.45) is 0 Å². The first-order valence-electron chi connectivity index (χ1n) is 8.07. The van der Waals surface area contributed by atoms with Gasteiger partial charge in [0.15, 0.2) is 0 Å². The van der Waals surface area contributed by atoms with E-state index in [2.05, 4.69) is 20.3 Å². The van der Waals surface area contributed by atoms with Crippen molar-refractivity contribution in [2.75, 3.05) is 16.8 Å². The number of amides is 1. The topological polar surface area (TPSA) is 71.0 Å². The lowest BCUT2D eigenvalue weighted by atomic mass is 10.2. The summed E-state index contributed by atoms with van der Waals surface area (Å²) in [7, 11) is 0. The molecule has 0 bridgehead atoms. The first-order chi connectivity index (χ1) is 11.8. The standard InChI is InChI=1S/C17H19F2N5O/c1-11-5-3-7-14(21-11)23-15(25)12-6-4-10-24(12)16-20-9-8-13(22-16)17(2,18)19/h3,5,7-9,12H,4,6,10H2,1-2H3,(H,21,23,25)/t12-/m0/s1. The van der Waals surface area contributed by atoms with Crippen molar-refractivity contribution >= 4 is 17.7 Å². The molecule has 0 aromatic carbocycles. The fourth-order valence-corrected chi connectivity index (χ4v) is 2.83. The van der Waals surface area contributed by atoms with Crippen LogP contribution in [0.15, 0.2) is 30.5 Å². The average Bonchev–Trinajstić information content (AvgIpc) is 3.04. The molecular formula is C17H19F2N5O. The number of aromatic nitrogens is 3. The molecule has 1 atom stereocenters. The monoisotopic (exact) mass is 347 g/mol. The first kappa shape index (κ1) is 17.2. The highest BCUT2D eigenvalue weighted by molar-refractivity contribution is 5.96. The van der Waals surface area contributed by atoms with Gasteiger partial charge in [0.1, 0.15) is 17.6 Å². The van der Waals surface area contributed by atoms with Crippen LogP contribution < -0.4 is 10.2 Å². The van der Waals surface area contributed by atoms with Crippen LogP contribution in [-0.4, -0.2) is 33.4 Å². The van der Waals surface area contributed by atoms with E-state index in [4.69, 9.17) is 0 Å². The van der Waals surface area contributed by atoms with E-state index in [1.807, 2.05) is 13.0 Å². The number of nitrogens with zero attached hydrogens (tertiary/aromatic N) is 4. The smallest absolute Gasteiger partial charge is 0.287 e. The van der Waals surface area contributed by atoms with Crippen molar-refractivity contribution in [3.05, 3.63) is 41.9 Å². The molecule has 1 amide bonds. The number of halogens is 2. The molecule has 132 valence electrons. The van der Waals surface area contributed by atoms with Crippen LogP contribution in [0.25, 0.3) is 0 Å². The average molecular weight is 347 g/mol. The Balaban J connectivity index is 1.79. The number of nitrogens with one attached hydrogen (secondary N) is 1. The van der Waals surface area contributed by atoms with Crippen LogP contribution in [0, 0.1) is 6.92 Å². The Morgan fingerprint density at radius 2 is 2.12 bits per heavy atom. The molecule has 0 unspecified atom stereocenters. The third-order valence-electron chi connectivity index (χ3n) is 4.04. The number of anilines is 2. The van der Waals surface area contributed by atoms with Crippen LogP contribution in [0.1, 0.15) is 31.2 Å². The minimum atomic E-state index is -3.05. The maximum Gasteiger partial charge on any atom is 0.287 e. The molecule has 1 fully saturated rings. The predicted molar refractivity (Wildman–Crippen MR) is 89.6 cm³/mol. The third-order valence-corrected chi connectivity index (χ3v) is 4.04. The maximum atomic E-state index is 13.5. The van der Waals surface area contributed by atoms with Crippen LogP contribution in [0.3, 0.4) is 0 Å². The molecule has 0 spiro atoms. The van der Waals surface area contributed by atoms with Gasteiger partial charge in [-0.25, -0.2) is 15.0 Å². The molecule has 2 aromatic heterocycles. The van der Waals surface area contributed by atoms with Gasteiger partial charge in [-0.2, -0.15) is 8.78 Å². The minimum absolute atomic E-state index is 0.147. The predicted octanol–water partition coefficient (Wildman–Crippen LogP) is 2.90. The third kappa shape index (κ3) is 3.89. The summed E-state index contributed by atoms with van der Waals surface area (Å²) in [6.45, 7) is 3.16. The van der Waals surface area contributed by atoms with Gasteiger partial charge in [0.25, 0.3) is 5.92 Å². The molecular weight excluding hydrogens is 328 g/mol. The maximum absolute atomic E-state index is 13.5. The van der Waals surface area contributed by atoms with E-state index in [0.717, 1.165) is 19.0 Å². The van der Waals surface area contributed by atoms with E-state index in [1.54, 1.807) is 17.0 Å². The lowest BCUT2D eigenvalue weighted by molar-refractivity contribution is -0.117. The van der Waals surface area contributed by atoms with Crippen LogP contribution >= 0.6 is 0 Å². The molecule has 6 nitrogen and oxygen atoms in total. The van der Waals surface area contributed by atoms with Gasteiger partial charge in [-0.05, 0) is 38.0 Å². The van der Waals surface area contributed by atoms with E-state index in [-0.39, 0.29) is 17.5 Å². The number of hydrogen-bond acceptors (Lipinski definition) is 5. The number of rotatable bonds is 4. The SMILES string of the molecule is Cc1cccc(NC(=O)[C@@H]2CCCN2c2nccc(C(C)(F)F)n2)n1. The number of carbonyl (C=O) groups is 1. The number of aryl methyl sites for hydroxylation is 1. The van der Waals surface area contributed by atoms with Gasteiger partial charge < -0.3 is 10.2 Å². The van der Waals surface area contributed by atoms with Crippen molar-refractivity contribution < 1.29 is 13.6 Å². The Labute approximate surface area is 144 Å². The highest BCUT2D eigenvalue weighted by Gasteiger charge is 2.34. The minimum Gasteiger partial charge on any atom is -0.329 e. The Morgan fingerprint density at radius 1 is 1.32 bits per heavy atom. The number of pyridine rings is 1. The van der Waals surface area contributed by atoms with Gasteiger partial charge >= 0.3 is 0 Å². The zero-order valence-corrected chi connectivity index (χ0v) is 14.0. The molecule has 1 aliphatic rings.